The van der Waals surface area contributed by atoms with E-state index in [0.29, 0.717) is 18.4 Å². The maximum Gasteiger partial charge on any atom is 0.195 e. The summed E-state index contributed by atoms with van der Waals surface area (Å²) in [5.41, 5.74) is 7.72. The average Bonchev–Trinajstić information content (AvgIpc) is 2.62. The van der Waals surface area contributed by atoms with Gasteiger partial charge in [0.25, 0.3) is 0 Å². The minimum atomic E-state index is -1.44. The van der Waals surface area contributed by atoms with Gasteiger partial charge in [0, 0.05) is 28.8 Å². The third-order valence-electron chi connectivity index (χ3n) is 3.84. The van der Waals surface area contributed by atoms with Gasteiger partial charge in [0.15, 0.2) is 17.5 Å². The quantitative estimate of drug-likeness (QED) is 0.705. The number of nitrogens with two attached hydrogens (primary N) is 1. The molecule has 3 N–H and O–H groups in total. The minimum Gasteiger partial charge on any atom is -0.358 e. The third-order valence-corrected chi connectivity index (χ3v) is 3.84. The molecule has 0 saturated carbocycles. The Bertz CT molecular complexity index is 673. The molecule has 1 aromatic heterocycles. The molecular weight excluding hydrogens is 253 g/mol. The molecule has 1 aromatic carbocycles. The van der Waals surface area contributed by atoms with Crippen molar-refractivity contribution in [2.24, 2.45) is 11.1 Å². The Morgan fingerprint density at radius 3 is 2.63 bits per heavy atom. The van der Waals surface area contributed by atoms with Crippen LogP contribution in [0.1, 0.15) is 37.6 Å². The molecule has 0 fully saturated rings. The number of halogens is 3. The molecule has 0 spiro atoms. The van der Waals surface area contributed by atoms with Crippen molar-refractivity contribution in [3.8, 4) is 0 Å². The van der Waals surface area contributed by atoms with E-state index < -0.39 is 17.5 Å². The Hall–Kier alpha value is -1.49. The molecule has 0 amide bonds. The average molecular weight is 268 g/mol. The number of hydrogen-bond acceptors (Lipinski definition) is 1. The molecule has 0 aliphatic heterocycles. The smallest absolute Gasteiger partial charge is 0.195 e. The Morgan fingerprint density at radius 1 is 1.26 bits per heavy atom. The lowest BCUT2D eigenvalue weighted by atomic mass is 9.74. The zero-order chi connectivity index (χ0) is 13.9. The fourth-order valence-electron chi connectivity index (χ4n) is 3.13. The highest BCUT2D eigenvalue weighted by Gasteiger charge is 2.34. The van der Waals surface area contributed by atoms with Crippen molar-refractivity contribution in [3.05, 3.63) is 34.8 Å². The first-order valence-electron chi connectivity index (χ1n) is 6.24. The second kappa shape index (κ2) is 3.76. The highest BCUT2D eigenvalue weighted by molar-refractivity contribution is 5.86. The van der Waals surface area contributed by atoms with E-state index >= 15 is 0 Å². The van der Waals surface area contributed by atoms with Crippen molar-refractivity contribution >= 4 is 10.9 Å². The van der Waals surface area contributed by atoms with Gasteiger partial charge in [-0.1, -0.05) is 13.8 Å². The first-order valence-corrected chi connectivity index (χ1v) is 6.24. The van der Waals surface area contributed by atoms with Gasteiger partial charge in [-0.2, -0.15) is 0 Å². The summed E-state index contributed by atoms with van der Waals surface area (Å²) < 4.78 is 40.6. The second-order valence-corrected chi connectivity index (χ2v) is 6.08. The Kier molecular flexibility index (Phi) is 2.48. The summed E-state index contributed by atoms with van der Waals surface area (Å²) in [6.07, 6.45) is 1.37. The van der Waals surface area contributed by atoms with Crippen molar-refractivity contribution in [3.63, 3.8) is 0 Å². The number of nitrogens with one attached hydrogen (secondary N) is 1. The molecule has 1 aliphatic rings. The van der Waals surface area contributed by atoms with Gasteiger partial charge in [-0.3, -0.25) is 0 Å². The summed E-state index contributed by atoms with van der Waals surface area (Å²) in [4.78, 5) is 2.98. The van der Waals surface area contributed by atoms with E-state index in [1.165, 1.54) is 0 Å². The van der Waals surface area contributed by atoms with Crippen LogP contribution in [0.5, 0.6) is 0 Å². The van der Waals surface area contributed by atoms with Crippen LogP contribution in [0, 0.1) is 22.9 Å². The van der Waals surface area contributed by atoms with E-state index in [0.717, 1.165) is 11.8 Å². The minimum absolute atomic E-state index is 0.0130. The standard InChI is InChI=1S/C14H15F3N2/c1-14(2)4-7(18)10-9(5-14)19-8-3-6(15)12(16)13(17)11(8)10/h3,7,19H,4-5,18H2,1-2H3. The second-order valence-electron chi connectivity index (χ2n) is 6.08. The van der Waals surface area contributed by atoms with E-state index in [1.54, 1.807) is 0 Å². The van der Waals surface area contributed by atoms with Gasteiger partial charge in [-0.15, -0.1) is 0 Å². The Morgan fingerprint density at radius 2 is 1.95 bits per heavy atom. The first-order chi connectivity index (χ1) is 8.80. The topological polar surface area (TPSA) is 41.8 Å². The molecule has 1 aliphatic carbocycles. The highest BCUT2D eigenvalue weighted by Crippen LogP contribution is 2.43. The number of H-pyrrole nitrogens is 1. The monoisotopic (exact) mass is 268 g/mol. The number of benzene rings is 1. The molecule has 0 saturated heterocycles. The molecule has 2 aromatic rings. The molecule has 0 bridgehead atoms. The number of aromatic nitrogens is 1. The van der Waals surface area contributed by atoms with Crippen LogP contribution in [0.4, 0.5) is 13.2 Å². The van der Waals surface area contributed by atoms with Crippen LogP contribution in [-0.4, -0.2) is 4.98 Å². The molecule has 3 rings (SSSR count). The number of rotatable bonds is 0. The van der Waals surface area contributed by atoms with Crippen LogP contribution < -0.4 is 5.73 Å². The van der Waals surface area contributed by atoms with Crippen LogP contribution in [0.3, 0.4) is 0 Å². The summed E-state index contributed by atoms with van der Waals surface area (Å²) in [5.74, 6) is -3.77. The van der Waals surface area contributed by atoms with Gasteiger partial charge in [0.2, 0.25) is 0 Å². The third kappa shape index (κ3) is 1.75. The van der Waals surface area contributed by atoms with Crippen molar-refractivity contribution in [2.75, 3.05) is 0 Å². The van der Waals surface area contributed by atoms with E-state index in [-0.39, 0.29) is 22.4 Å². The molecule has 1 heterocycles. The fourth-order valence-corrected chi connectivity index (χ4v) is 3.13. The van der Waals surface area contributed by atoms with Crippen LogP contribution in [0.25, 0.3) is 10.9 Å². The Balaban J connectivity index is 2.34. The summed E-state index contributed by atoms with van der Waals surface area (Å²) in [5, 5.41) is 0.0944. The summed E-state index contributed by atoms with van der Waals surface area (Å²) in [7, 11) is 0. The van der Waals surface area contributed by atoms with Crippen molar-refractivity contribution in [1.29, 1.82) is 0 Å². The molecule has 5 heteroatoms. The van der Waals surface area contributed by atoms with Crippen LogP contribution in [0.15, 0.2) is 6.07 Å². The number of aromatic amines is 1. The summed E-state index contributed by atoms with van der Waals surface area (Å²) in [6, 6.07) is 0.623. The van der Waals surface area contributed by atoms with E-state index in [1.807, 2.05) is 0 Å². The van der Waals surface area contributed by atoms with Gasteiger partial charge >= 0.3 is 0 Å². The zero-order valence-electron chi connectivity index (χ0n) is 10.8. The van der Waals surface area contributed by atoms with E-state index in [9.17, 15) is 13.2 Å². The predicted octanol–water partition coefficient (Wildman–Crippen LogP) is 3.56. The van der Waals surface area contributed by atoms with Gasteiger partial charge in [-0.05, 0) is 18.3 Å². The molecule has 1 atom stereocenters. The molecule has 0 radical (unpaired) electrons. The lowest BCUT2D eigenvalue weighted by Gasteiger charge is -2.33. The largest absolute Gasteiger partial charge is 0.358 e. The molecule has 19 heavy (non-hydrogen) atoms. The Labute approximate surface area is 108 Å². The maximum atomic E-state index is 14.0. The summed E-state index contributed by atoms with van der Waals surface area (Å²) >= 11 is 0. The number of hydrogen-bond donors (Lipinski definition) is 2. The van der Waals surface area contributed by atoms with Crippen LogP contribution in [-0.2, 0) is 6.42 Å². The van der Waals surface area contributed by atoms with Gasteiger partial charge < -0.3 is 10.7 Å². The van der Waals surface area contributed by atoms with Gasteiger partial charge in [0.1, 0.15) is 0 Å². The fraction of sp³-hybridized carbons (Fsp3) is 0.429. The lowest BCUT2D eigenvalue weighted by molar-refractivity contribution is 0.281. The van der Waals surface area contributed by atoms with Crippen LogP contribution >= 0.6 is 0 Å². The normalized spacial score (nSPS) is 21.7. The SMILES string of the molecule is CC1(C)Cc2[nH]c3cc(F)c(F)c(F)c3c2C(N)C1. The van der Waals surface area contributed by atoms with Crippen molar-refractivity contribution in [2.45, 2.75) is 32.7 Å². The lowest BCUT2D eigenvalue weighted by Crippen LogP contribution is -2.29. The highest BCUT2D eigenvalue weighted by atomic mass is 19.2. The predicted molar refractivity (Wildman–Crippen MR) is 67.2 cm³/mol. The molecule has 102 valence electrons. The first kappa shape index (κ1) is 12.5. The van der Waals surface area contributed by atoms with Crippen LogP contribution in [0.2, 0.25) is 0 Å². The molecular formula is C14H15F3N2. The van der Waals surface area contributed by atoms with Crippen molar-refractivity contribution in [1.82, 2.24) is 4.98 Å². The van der Waals surface area contributed by atoms with Gasteiger partial charge in [-0.25, -0.2) is 13.2 Å². The van der Waals surface area contributed by atoms with Crippen molar-refractivity contribution < 1.29 is 13.2 Å². The zero-order valence-corrected chi connectivity index (χ0v) is 10.8. The molecule has 1 unspecified atom stereocenters. The van der Waals surface area contributed by atoms with Gasteiger partial charge in [0.05, 0.1) is 5.52 Å². The molecule has 2 nitrogen and oxygen atoms in total. The summed E-state index contributed by atoms with van der Waals surface area (Å²) in [6.45, 7) is 4.14. The maximum absolute atomic E-state index is 14.0. The van der Waals surface area contributed by atoms with E-state index in [2.05, 4.69) is 18.8 Å². The van der Waals surface area contributed by atoms with E-state index in [4.69, 9.17) is 5.73 Å². The number of fused-ring (bicyclic) bond motifs is 3.